The molecule has 0 saturated heterocycles. The van der Waals surface area contributed by atoms with Gasteiger partial charge in [-0.25, -0.2) is 0 Å². The first-order valence-electron chi connectivity index (χ1n) is 11.4. The summed E-state index contributed by atoms with van der Waals surface area (Å²) in [6, 6.07) is 0. The van der Waals surface area contributed by atoms with E-state index in [1.165, 1.54) is 64.3 Å². The van der Waals surface area contributed by atoms with Gasteiger partial charge < -0.3 is 19.1 Å². The predicted octanol–water partition coefficient (Wildman–Crippen LogP) is 5.38. The van der Waals surface area contributed by atoms with Crippen LogP contribution in [0.25, 0.3) is 0 Å². The molecule has 1 heterocycles. The molecule has 160 valence electrons. The van der Waals surface area contributed by atoms with Crippen molar-refractivity contribution >= 4 is 6.34 Å². The van der Waals surface area contributed by atoms with Crippen molar-refractivity contribution in [1.82, 2.24) is 4.90 Å². The minimum absolute atomic E-state index is 0.617. The van der Waals surface area contributed by atoms with Gasteiger partial charge in [-0.2, -0.15) is 0 Å². The standard InChI is InChI=1S/C22H44N2O3/c1-4-25-22(26-5-2,27-6-3)17-15-13-11-9-7-8-10-12-14-16-19-24-20-18-23-21-24/h21H,4-20H2,1-3H3. The molecule has 5 heteroatoms. The lowest BCUT2D eigenvalue weighted by atomic mass is 10.1. The van der Waals surface area contributed by atoms with E-state index in [0.29, 0.717) is 19.8 Å². The molecule has 0 amide bonds. The number of nitrogens with zero attached hydrogens (tertiary/aromatic N) is 2. The summed E-state index contributed by atoms with van der Waals surface area (Å²) < 4.78 is 17.3. The lowest BCUT2D eigenvalue weighted by Crippen LogP contribution is -2.39. The topological polar surface area (TPSA) is 43.3 Å². The summed E-state index contributed by atoms with van der Waals surface area (Å²) in [6.45, 7) is 11.1. The number of unbranched alkanes of at least 4 members (excludes halogenated alkanes) is 9. The van der Waals surface area contributed by atoms with Gasteiger partial charge in [-0.05, 0) is 33.6 Å². The van der Waals surface area contributed by atoms with Gasteiger partial charge in [0, 0.05) is 39.3 Å². The van der Waals surface area contributed by atoms with Gasteiger partial charge in [0.25, 0.3) is 5.97 Å². The van der Waals surface area contributed by atoms with Crippen molar-refractivity contribution in [3.05, 3.63) is 0 Å². The van der Waals surface area contributed by atoms with E-state index in [1.54, 1.807) is 0 Å². The van der Waals surface area contributed by atoms with E-state index in [9.17, 15) is 0 Å². The molecule has 0 aliphatic carbocycles. The minimum atomic E-state index is -0.820. The Balaban J connectivity index is 1.92. The smallest absolute Gasteiger partial charge is 0.282 e. The molecule has 0 aromatic carbocycles. The molecule has 0 atom stereocenters. The molecule has 0 saturated carbocycles. The second-order valence-electron chi connectivity index (χ2n) is 7.33. The molecule has 27 heavy (non-hydrogen) atoms. The molecule has 0 radical (unpaired) electrons. The van der Waals surface area contributed by atoms with Crippen LogP contribution < -0.4 is 0 Å². The Morgan fingerprint density at radius 3 is 1.67 bits per heavy atom. The van der Waals surface area contributed by atoms with Gasteiger partial charge in [0.05, 0.1) is 12.9 Å². The van der Waals surface area contributed by atoms with Crippen LogP contribution in [-0.2, 0) is 14.2 Å². The van der Waals surface area contributed by atoms with Crippen LogP contribution in [0, 0.1) is 0 Å². The summed E-state index contributed by atoms with van der Waals surface area (Å²) in [4.78, 5) is 6.60. The number of hydrogen-bond acceptors (Lipinski definition) is 5. The molecule has 0 aromatic heterocycles. The Bertz CT molecular complexity index is 346. The van der Waals surface area contributed by atoms with E-state index >= 15 is 0 Å². The fourth-order valence-electron chi connectivity index (χ4n) is 3.66. The molecular formula is C22H44N2O3. The Morgan fingerprint density at radius 2 is 1.22 bits per heavy atom. The van der Waals surface area contributed by atoms with Gasteiger partial charge in [-0.3, -0.25) is 4.99 Å². The summed E-state index contributed by atoms with van der Waals surface area (Å²) in [5.74, 6) is -0.820. The summed E-state index contributed by atoms with van der Waals surface area (Å²) >= 11 is 0. The van der Waals surface area contributed by atoms with Crippen molar-refractivity contribution in [3.8, 4) is 0 Å². The first-order chi connectivity index (χ1) is 13.3. The third-order valence-corrected chi connectivity index (χ3v) is 5.03. The van der Waals surface area contributed by atoms with Crippen LogP contribution in [0.1, 0.15) is 91.4 Å². The minimum Gasteiger partial charge on any atom is -0.361 e. The molecule has 0 aromatic rings. The summed E-state index contributed by atoms with van der Waals surface area (Å²) in [6.07, 6.45) is 16.0. The maximum Gasteiger partial charge on any atom is 0.282 e. The van der Waals surface area contributed by atoms with Crippen molar-refractivity contribution in [1.29, 1.82) is 0 Å². The van der Waals surface area contributed by atoms with Crippen molar-refractivity contribution in [2.75, 3.05) is 39.5 Å². The zero-order chi connectivity index (χ0) is 19.6. The van der Waals surface area contributed by atoms with Gasteiger partial charge in [-0.15, -0.1) is 0 Å². The van der Waals surface area contributed by atoms with Crippen LogP contribution in [0.4, 0.5) is 0 Å². The van der Waals surface area contributed by atoms with Crippen molar-refractivity contribution < 1.29 is 14.2 Å². The molecule has 0 fully saturated rings. The van der Waals surface area contributed by atoms with Gasteiger partial charge in [0.2, 0.25) is 0 Å². The maximum atomic E-state index is 5.78. The second-order valence-corrected chi connectivity index (χ2v) is 7.33. The highest BCUT2D eigenvalue weighted by Gasteiger charge is 2.31. The Hall–Kier alpha value is -0.650. The SMILES string of the molecule is CCOC(CCCCCCCCCCCCN1C=NCC1)(OCC)OCC. The van der Waals surface area contributed by atoms with E-state index in [0.717, 1.165) is 25.9 Å². The normalized spacial score (nSPS) is 14.4. The zero-order valence-corrected chi connectivity index (χ0v) is 18.2. The van der Waals surface area contributed by atoms with Crippen LogP contribution in [-0.4, -0.2) is 56.7 Å². The predicted molar refractivity (Wildman–Crippen MR) is 113 cm³/mol. The first kappa shape index (κ1) is 24.4. The highest BCUT2D eigenvalue weighted by atomic mass is 16.9. The maximum absolute atomic E-state index is 5.78. The highest BCUT2D eigenvalue weighted by Crippen LogP contribution is 2.24. The molecule has 5 nitrogen and oxygen atoms in total. The van der Waals surface area contributed by atoms with Crippen LogP contribution in [0.5, 0.6) is 0 Å². The first-order valence-corrected chi connectivity index (χ1v) is 11.4. The fourth-order valence-corrected chi connectivity index (χ4v) is 3.66. The van der Waals surface area contributed by atoms with E-state index < -0.39 is 5.97 Å². The van der Waals surface area contributed by atoms with E-state index in [2.05, 4.69) is 9.89 Å². The summed E-state index contributed by atoms with van der Waals surface area (Å²) in [5, 5.41) is 0. The van der Waals surface area contributed by atoms with Crippen molar-refractivity contribution in [3.63, 3.8) is 0 Å². The van der Waals surface area contributed by atoms with Gasteiger partial charge >= 0.3 is 0 Å². The monoisotopic (exact) mass is 384 g/mol. The average Bonchev–Trinajstić information content (AvgIpc) is 3.17. The Morgan fingerprint density at radius 1 is 0.741 bits per heavy atom. The number of rotatable bonds is 19. The van der Waals surface area contributed by atoms with Crippen molar-refractivity contribution in [2.45, 2.75) is 97.4 Å². The molecule has 0 spiro atoms. The van der Waals surface area contributed by atoms with E-state index in [-0.39, 0.29) is 0 Å². The van der Waals surface area contributed by atoms with Crippen LogP contribution in [0.2, 0.25) is 0 Å². The van der Waals surface area contributed by atoms with Crippen LogP contribution in [0.3, 0.4) is 0 Å². The summed E-state index contributed by atoms with van der Waals surface area (Å²) in [7, 11) is 0. The Kier molecular flexibility index (Phi) is 14.7. The lowest BCUT2D eigenvalue weighted by Gasteiger charge is -2.32. The highest BCUT2D eigenvalue weighted by molar-refractivity contribution is 5.56. The van der Waals surface area contributed by atoms with Crippen LogP contribution >= 0.6 is 0 Å². The number of aliphatic imine (C=N–C) groups is 1. The van der Waals surface area contributed by atoms with Gasteiger partial charge in [-0.1, -0.05) is 51.4 Å². The zero-order valence-electron chi connectivity index (χ0n) is 18.2. The second kappa shape index (κ2) is 16.3. The largest absolute Gasteiger partial charge is 0.361 e. The average molecular weight is 385 g/mol. The van der Waals surface area contributed by atoms with Gasteiger partial charge in [0.1, 0.15) is 0 Å². The third kappa shape index (κ3) is 11.7. The van der Waals surface area contributed by atoms with E-state index in [1.807, 2.05) is 27.1 Å². The molecular weight excluding hydrogens is 340 g/mol. The molecule has 0 unspecified atom stereocenters. The molecule has 0 bridgehead atoms. The number of hydrogen-bond donors (Lipinski definition) is 0. The molecule has 1 aliphatic rings. The number of ether oxygens (including phenoxy) is 3. The van der Waals surface area contributed by atoms with Crippen molar-refractivity contribution in [2.24, 2.45) is 4.99 Å². The molecule has 0 N–H and O–H groups in total. The Labute approximate surface area is 167 Å². The molecule has 1 aliphatic heterocycles. The third-order valence-electron chi connectivity index (χ3n) is 5.03. The molecule has 1 rings (SSSR count). The lowest BCUT2D eigenvalue weighted by molar-refractivity contribution is -0.380. The van der Waals surface area contributed by atoms with E-state index in [4.69, 9.17) is 14.2 Å². The summed E-state index contributed by atoms with van der Waals surface area (Å²) in [5.41, 5.74) is 0. The quantitative estimate of drug-likeness (QED) is 0.221. The fraction of sp³-hybridized carbons (Fsp3) is 0.955. The van der Waals surface area contributed by atoms with Gasteiger partial charge in [0.15, 0.2) is 0 Å². The van der Waals surface area contributed by atoms with Crippen LogP contribution in [0.15, 0.2) is 4.99 Å².